The minimum Gasteiger partial charge on any atom is -0.397 e. The first kappa shape index (κ1) is 5.22. The molecule has 0 bridgehead atoms. The highest BCUT2D eigenvalue weighted by molar-refractivity contribution is 5.71. The Morgan fingerprint density at radius 2 is 2.30 bits per heavy atom. The van der Waals surface area contributed by atoms with Gasteiger partial charge in [0.1, 0.15) is 5.69 Å². The zero-order valence-electron chi connectivity index (χ0n) is 5.11. The predicted octanol–water partition coefficient (Wildman–Crippen LogP) is 0.757. The molecule has 50 valence electrons. The number of hydrogen-bond acceptors (Lipinski definition) is 4. The topological polar surface area (TPSA) is 64.9 Å². The van der Waals surface area contributed by atoms with Gasteiger partial charge in [0.05, 0.1) is 5.69 Å². The zero-order chi connectivity index (χ0) is 6.97. The molecule has 0 amide bonds. The number of anilines is 1. The van der Waals surface area contributed by atoms with Gasteiger partial charge in [0.25, 0.3) is 0 Å². The lowest BCUT2D eigenvalue weighted by atomic mass is 10.4. The average molecular weight is 135 g/mol. The summed E-state index contributed by atoms with van der Waals surface area (Å²) in [4.78, 5) is 3.91. The first-order valence-corrected chi connectivity index (χ1v) is 2.83. The van der Waals surface area contributed by atoms with E-state index in [0.29, 0.717) is 17.1 Å². The van der Waals surface area contributed by atoms with E-state index in [9.17, 15) is 0 Å². The molecule has 1 heterocycles. The van der Waals surface area contributed by atoms with Crippen molar-refractivity contribution in [2.24, 2.45) is 0 Å². The number of rotatable bonds is 0. The fraction of sp³-hybridized carbons (Fsp3) is 0. The van der Waals surface area contributed by atoms with Crippen LogP contribution in [0, 0.1) is 0 Å². The molecule has 0 unspecified atom stereocenters. The van der Waals surface area contributed by atoms with Crippen LogP contribution in [-0.2, 0) is 0 Å². The van der Waals surface area contributed by atoms with Crippen molar-refractivity contribution in [1.82, 2.24) is 10.1 Å². The lowest BCUT2D eigenvalue weighted by Gasteiger charge is -1.92. The van der Waals surface area contributed by atoms with Crippen LogP contribution < -0.4 is 5.73 Å². The Kier molecular flexibility index (Phi) is 0.887. The van der Waals surface area contributed by atoms with E-state index in [0.717, 1.165) is 0 Å². The van der Waals surface area contributed by atoms with Crippen LogP contribution in [0.5, 0.6) is 0 Å². The molecule has 0 radical (unpaired) electrons. The van der Waals surface area contributed by atoms with E-state index in [1.165, 1.54) is 6.33 Å². The second kappa shape index (κ2) is 1.70. The van der Waals surface area contributed by atoms with E-state index in [4.69, 9.17) is 10.3 Å². The fourth-order valence-corrected chi connectivity index (χ4v) is 0.839. The van der Waals surface area contributed by atoms with E-state index >= 15 is 0 Å². The minimum atomic E-state index is 0.625. The summed E-state index contributed by atoms with van der Waals surface area (Å²) in [6.45, 7) is 0. The molecule has 0 saturated heterocycles. The maximum absolute atomic E-state index is 5.53. The molecular weight excluding hydrogens is 130 g/mol. The molecule has 4 heteroatoms. The van der Waals surface area contributed by atoms with Gasteiger partial charge in [-0.2, -0.15) is 0 Å². The lowest BCUT2D eigenvalue weighted by Crippen LogP contribution is -1.87. The van der Waals surface area contributed by atoms with Crippen molar-refractivity contribution in [2.45, 2.75) is 0 Å². The zero-order valence-corrected chi connectivity index (χ0v) is 5.11. The molecule has 0 fully saturated rings. The van der Waals surface area contributed by atoms with Gasteiger partial charge < -0.3 is 10.3 Å². The van der Waals surface area contributed by atoms with Crippen molar-refractivity contribution in [1.29, 1.82) is 0 Å². The van der Waals surface area contributed by atoms with Crippen LogP contribution in [0.2, 0.25) is 0 Å². The van der Waals surface area contributed by atoms with Gasteiger partial charge in [0.2, 0.25) is 0 Å². The van der Waals surface area contributed by atoms with E-state index in [1.807, 2.05) is 0 Å². The lowest BCUT2D eigenvalue weighted by molar-refractivity contribution is 0.405. The maximum Gasteiger partial charge on any atom is 0.185 e. The third-order valence-electron chi connectivity index (χ3n) is 1.31. The second-order valence-electron chi connectivity index (χ2n) is 1.94. The number of hydrogen-bond donors (Lipinski definition) is 1. The summed E-state index contributed by atoms with van der Waals surface area (Å²) in [6.07, 6.45) is 1.33. The van der Waals surface area contributed by atoms with Crippen molar-refractivity contribution >= 4 is 5.69 Å². The highest BCUT2D eigenvalue weighted by Gasteiger charge is 2.09. The molecule has 0 spiro atoms. The highest BCUT2D eigenvalue weighted by atomic mass is 16.5. The van der Waals surface area contributed by atoms with Gasteiger partial charge in [-0.25, -0.2) is 4.98 Å². The Hall–Kier alpha value is -1.58. The molecule has 0 aromatic rings. The van der Waals surface area contributed by atoms with Crippen LogP contribution in [0.1, 0.15) is 0 Å². The summed E-state index contributed by atoms with van der Waals surface area (Å²) >= 11 is 0. The highest BCUT2D eigenvalue weighted by Crippen LogP contribution is 2.25. The van der Waals surface area contributed by atoms with E-state index in [2.05, 4.69) is 10.1 Å². The Labute approximate surface area is 57.0 Å². The minimum absolute atomic E-state index is 0.625. The summed E-state index contributed by atoms with van der Waals surface area (Å²) < 4.78 is 4.84. The summed E-state index contributed by atoms with van der Waals surface area (Å²) in [7, 11) is 0. The van der Waals surface area contributed by atoms with Crippen molar-refractivity contribution in [2.75, 3.05) is 5.73 Å². The maximum atomic E-state index is 5.53. The SMILES string of the molecule is Nc1ccc2oncnc1-2. The van der Waals surface area contributed by atoms with Gasteiger partial charge in [-0.3, -0.25) is 0 Å². The Morgan fingerprint density at radius 1 is 1.40 bits per heavy atom. The molecule has 1 aliphatic carbocycles. The largest absolute Gasteiger partial charge is 0.397 e. The summed E-state index contributed by atoms with van der Waals surface area (Å²) in [5.74, 6) is 0.625. The Balaban J connectivity index is 2.78. The molecule has 0 aromatic heterocycles. The van der Waals surface area contributed by atoms with Crippen LogP contribution >= 0.6 is 0 Å². The molecule has 2 rings (SSSR count). The first-order valence-electron chi connectivity index (χ1n) is 2.83. The summed E-state index contributed by atoms with van der Waals surface area (Å²) in [6, 6.07) is 3.48. The van der Waals surface area contributed by atoms with Gasteiger partial charge in [-0.15, -0.1) is 0 Å². The van der Waals surface area contributed by atoms with Gasteiger partial charge in [-0.05, 0) is 12.1 Å². The van der Waals surface area contributed by atoms with Crippen LogP contribution in [0.15, 0.2) is 23.0 Å². The van der Waals surface area contributed by atoms with E-state index in [1.54, 1.807) is 12.1 Å². The van der Waals surface area contributed by atoms with Crippen molar-refractivity contribution < 1.29 is 4.52 Å². The smallest absolute Gasteiger partial charge is 0.185 e. The number of fused-ring (bicyclic) bond motifs is 1. The third kappa shape index (κ3) is 0.556. The van der Waals surface area contributed by atoms with Gasteiger partial charge in [0.15, 0.2) is 12.1 Å². The number of nitrogens with two attached hydrogens (primary N) is 1. The fourth-order valence-electron chi connectivity index (χ4n) is 0.839. The molecule has 0 aromatic carbocycles. The van der Waals surface area contributed by atoms with E-state index < -0.39 is 0 Å². The van der Waals surface area contributed by atoms with Crippen LogP contribution in [-0.4, -0.2) is 10.1 Å². The quantitative estimate of drug-likeness (QED) is 0.579. The Bertz CT molecular complexity index is 317. The molecule has 2 aliphatic rings. The molecule has 10 heavy (non-hydrogen) atoms. The first-order chi connectivity index (χ1) is 4.88. The van der Waals surface area contributed by atoms with Crippen LogP contribution in [0.4, 0.5) is 5.69 Å². The normalized spacial score (nSPS) is 10.4. The molecule has 2 N–H and O–H groups in total. The standard InChI is InChI=1S/C6H5N3O/c7-4-1-2-5-6(4)8-3-9-10-5/h1-3H,7H2. The van der Waals surface area contributed by atoms with Crippen LogP contribution in [0.25, 0.3) is 11.5 Å². The van der Waals surface area contributed by atoms with Gasteiger partial charge in [-0.1, -0.05) is 5.16 Å². The molecule has 0 saturated carbocycles. The number of nitrogens with zero attached hydrogens (tertiary/aromatic N) is 2. The molecule has 4 nitrogen and oxygen atoms in total. The molecule has 1 aliphatic heterocycles. The predicted molar refractivity (Wildman–Crippen MR) is 35.3 cm³/mol. The van der Waals surface area contributed by atoms with E-state index in [-0.39, 0.29) is 0 Å². The van der Waals surface area contributed by atoms with Gasteiger partial charge >= 0.3 is 0 Å². The second-order valence-corrected chi connectivity index (χ2v) is 1.94. The van der Waals surface area contributed by atoms with Gasteiger partial charge in [0, 0.05) is 0 Å². The third-order valence-corrected chi connectivity index (χ3v) is 1.31. The summed E-state index contributed by atoms with van der Waals surface area (Å²) in [5, 5.41) is 3.48. The molecular formula is C6H5N3O. The summed E-state index contributed by atoms with van der Waals surface area (Å²) in [5.41, 5.74) is 6.83. The van der Waals surface area contributed by atoms with Crippen molar-refractivity contribution in [3.8, 4) is 11.5 Å². The number of aromatic nitrogens is 2. The number of nitrogen functional groups attached to an aromatic ring is 1. The van der Waals surface area contributed by atoms with Crippen molar-refractivity contribution in [3.63, 3.8) is 0 Å². The van der Waals surface area contributed by atoms with Crippen LogP contribution in [0.3, 0.4) is 0 Å². The molecule has 0 atom stereocenters. The average Bonchev–Trinajstić information content (AvgIpc) is 2.34. The Morgan fingerprint density at radius 3 is 3.10 bits per heavy atom. The van der Waals surface area contributed by atoms with Crippen molar-refractivity contribution in [3.05, 3.63) is 18.5 Å². The monoisotopic (exact) mass is 135 g/mol.